The van der Waals surface area contributed by atoms with Gasteiger partial charge in [0.05, 0.1) is 0 Å². The van der Waals surface area contributed by atoms with Crippen LogP contribution >= 0.6 is 39.1 Å². The summed E-state index contributed by atoms with van der Waals surface area (Å²) in [6.07, 6.45) is 1.50. The number of nitrogens with zero attached hydrogens (tertiary/aromatic N) is 1. The maximum Gasteiger partial charge on any atom is 0.266 e. The molecule has 0 aliphatic rings. The standard InChI is InChI=1S/C24H17BrCl2N2O2/c1-15-2-6-21(27)12-22(15)29-24(30)18(13-28)10-17-11-19(25)5-9-23(17)31-14-16-3-7-20(26)8-4-16/h2-12H,14H2,1H3,(H,29,30)/b18-10+. The van der Waals surface area contributed by atoms with E-state index >= 15 is 0 Å². The van der Waals surface area contributed by atoms with Gasteiger partial charge in [-0.2, -0.15) is 5.26 Å². The summed E-state index contributed by atoms with van der Waals surface area (Å²) in [5.74, 6) is 0.00845. The van der Waals surface area contributed by atoms with Gasteiger partial charge in [-0.05, 0) is 66.6 Å². The van der Waals surface area contributed by atoms with E-state index in [4.69, 9.17) is 27.9 Å². The Morgan fingerprint density at radius 2 is 1.81 bits per heavy atom. The summed E-state index contributed by atoms with van der Waals surface area (Å²) in [5.41, 5.74) is 2.86. The van der Waals surface area contributed by atoms with Gasteiger partial charge in [0.15, 0.2) is 0 Å². The fourth-order valence-electron chi connectivity index (χ4n) is 2.73. The number of aryl methyl sites for hydroxylation is 1. The van der Waals surface area contributed by atoms with Gasteiger partial charge in [-0.3, -0.25) is 4.79 Å². The summed E-state index contributed by atoms with van der Waals surface area (Å²) >= 11 is 15.4. The second-order valence-corrected chi connectivity index (χ2v) is 8.47. The molecule has 0 aliphatic heterocycles. The van der Waals surface area contributed by atoms with Gasteiger partial charge in [0.1, 0.15) is 24.0 Å². The van der Waals surface area contributed by atoms with E-state index in [9.17, 15) is 10.1 Å². The van der Waals surface area contributed by atoms with Crippen molar-refractivity contribution in [2.24, 2.45) is 0 Å². The van der Waals surface area contributed by atoms with Crippen LogP contribution in [0.1, 0.15) is 16.7 Å². The molecule has 4 nitrogen and oxygen atoms in total. The van der Waals surface area contributed by atoms with Gasteiger partial charge in [0.2, 0.25) is 0 Å². The number of amides is 1. The molecule has 3 aromatic carbocycles. The first-order valence-electron chi connectivity index (χ1n) is 9.22. The SMILES string of the molecule is Cc1ccc(Cl)cc1NC(=O)/C(C#N)=C/c1cc(Br)ccc1OCc1ccc(Cl)cc1. The van der Waals surface area contributed by atoms with E-state index in [2.05, 4.69) is 21.2 Å². The zero-order chi connectivity index (χ0) is 22.4. The zero-order valence-electron chi connectivity index (χ0n) is 16.5. The predicted molar refractivity (Wildman–Crippen MR) is 128 cm³/mol. The van der Waals surface area contributed by atoms with Crippen LogP contribution in [0.4, 0.5) is 5.69 Å². The minimum Gasteiger partial charge on any atom is -0.488 e. The van der Waals surface area contributed by atoms with Gasteiger partial charge in [0, 0.05) is 25.8 Å². The minimum atomic E-state index is -0.531. The van der Waals surface area contributed by atoms with E-state index in [1.165, 1.54) is 6.08 Å². The number of hydrogen-bond donors (Lipinski definition) is 1. The van der Waals surface area contributed by atoms with Crippen LogP contribution in [0.5, 0.6) is 5.75 Å². The van der Waals surface area contributed by atoms with E-state index in [1.807, 2.05) is 31.2 Å². The van der Waals surface area contributed by atoms with E-state index < -0.39 is 5.91 Å². The number of nitriles is 1. The van der Waals surface area contributed by atoms with Crippen molar-refractivity contribution in [2.75, 3.05) is 5.32 Å². The van der Waals surface area contributed by atoms with Crippen LogP contribution in [0.15, 0.2) is 70.7 Å². The van der Waals surface area contributed by atoms with Gasteiger partial charge in [-0.15, -0.1) is 0 Å². The summed E-state index contributed by atoms with van der Waals surface area (Å²) in [6, 6.07) is 19.9. The van der Waals surface area contributed by atoms with Gasteiger partial charge < -0.3 is 10.1 Å². The Morgan fingerprint density at radius 3 is 2.52 bits per heavy atom. The summed E-state index contributed by atoms with van der Waals surface area (Å²) < 4.78 is 6.72. The van der Waals surface area contributed by atoms with Crippen LogP contribution in [0.25, 0.3) is 6.08 Å². The summed E-state index contributed by atoms with van der Waals surface area (Å²) in [4.78, 5) is 12.7. The molecule has 1 N–H and O–H groups in total. The molecule has 0 fully saturated rings. The fraction of sp³-hybridized carbons (Fsp3) is 0.0833. The molecule has 0 aliphatic carbocycles. The van der Waals surface area contributed by atoms with E-state index in [0.29, 0.717) is 33.7 Å². The van der Waals surface area contributed by atoms with Gasteiger partial charge in [-0.25, -0.2) is 0 Å². The molecule has 0 saturated carbocycles. The molecular formula is C24H17BrCl2N2O2. The Morgan fingerprint density at radius 1 is 1.10 bits per heavy atom. The van der Waals surface area contributed by atoms with Crippen molar-refractivity contribution in [3.05, 3.63) is 97.4 Å². The second-order valence-electron chi connectivity index (χ2n) is 6.68. The van der Waals surface area contributed by atoms with Crippen molar-refractivity contribution in [3.8, 4) is 11.8 Å². The van der Waals surface area contributed by atoms with Gasteiger partial charge >= 0.3 is 0 Å². The molecule has 0 atom stereocenters. The van der Waals surface area contributed by atoms with Crippen molar-refractivity contribution >= 4 is 56.8 Å². The number of carbonyl (C=O) groups is 1. The average molecular weight is 516 g/mol. The molecule has 3 rings (SSSR count). The third kappa shape index (κ3) is 6.35. The van der Waals surface area contributed by atoms with Gasteiger partial charge in [0.25, 0.3) is 5.91 Å². The molecule has 3 aromatic rings. The van der Waals surface area contributed by atoms with E-state index in [-0.39, 0.29) is 5.57 Å². The molecule has 0 saturated heterocycles. The second kappa shape index (κ2) is 10.5. The molecule has 156 valence electrons. The predicted octanol–water partition coefficient (Wildman–Crippen LogP) is 7.19. The van der Waals surface area contributed by atoms with Crippen LogP contribution in [0.2, 0.25) is 10.0 Å². The molecule has 0 aromatic heterocycles. The molecule has 0 spiro atoms. The highest BCUT2D eigenvalue weighted by Gasteiger charge is 2.13. The molecule has 0 heterocycles. The fourth-order valence-corrected chi connectivity index (χ4v) is 3.40. The summed E-state index contributed by atoms with van der Waals surface area (Å²) in [7, 11) is 0. The number of ether oxygens (including phenoxy) is 1. The Balaban J connectivity index is 1.84. The van der Waals surface area contributed by atoms with Crippen LogP contribution in [-0.2, 0) is 11.4 Å². The maximum absolute atomic E-state index is 12.7. The Labute approximate surface area is 199 Å². The number of nitrogens with one attached hydrogen (secondary N) is 1. The van der Waals surface area contributed by atoms with Crippen LogP contribution in [0.3, 0.4) is 0 Å². The third-order valence-electron chi connectivity index (χ3n) is 4.39. The lowest BCUT2D eigenvalue weighted by Crippen LogP contribution is -2.14. The zero-order valence-corrected chi connectivity index (χ0v) is 19.6. The van der Waals surface area contributed by atoms with Crippen molar-refractivity contribution in [1.29, 1.82) is 5.26 Å². The van der Waals surface area contributed by atoms with Crippen LogP contribution in [-0.4, -0.2) is 5.91 Å². The summed E-state index contributed by atoms with van der Waals surface area (Å²) in [6.45, 7) is 2.16. The maximum atomic E-state index is 12.7. The largest absolute Gasteiger partial charge is 0.488 e. The lowest BCUT2D eigenvalue weighted by molar-refractivity contribution is -0.112. The molecule has 7 heteroatoms. The number of benzene rings is 3. The molecule has 0 bridgehead atoms. The Hall–Kier alpha value is -2.78. The van der Waals surface area contributed by atoms with Gasteiger partial charge in [-0.1, -0.05) is 57.3 Å². The lowest BCUT2D eigenvalue weighted by atomic mass is 10.1. The van der Waals surface area contributed by atoms with E-state index in [0.717, 1.165) is 15.6 Å². The molecule has 31 heavy (non-hydrogen) atoms. The quantitative estimate of drug-likeness (QED) is 0.279. The first-order chi connectivity index (χ1) is 14.9. The normalized spacial score (nSPS) is 11.0. The molecule has 0 unspecified atom stereocenters. The lowest BCUT2D eigenvalue weighted by Gasteiger charge is -2.11. The topological polar surface area (TPSA) is 62.1 Å². The highest BCUT2D eigenvalue weighted by molar-refractivity contribution is 9.10. The Bertz CT molecular complexity index is 1190. The van der Waals surface area contributed by atoms with E-state index in [1.54, 1.807) is 42.5 Å². The number of halogens is 3. The first-order valence-corrected chi connectivity index (χ1v) is 10.8. The number of anilines is 1. The number of rotatable bonds is 6. The number of carbonyl (C=O) groups excluding carboxylic acids is 1. The van der Waals surface area contributed by atoms with Crippen molar-refractivity contribution in [3.63, 3.8) is 0 Å². The van der Waals surface area contributed by atoms with Crippen molar-refractivity contribution < 1.29 is 9.53 Å². The van der Waals surface area contributed by atoms with Crippen LogP contribution in [0, 0.1) is 18.3 Å². The first kappa shape index (κ1) is 22.9. The smallest absolute Gasteiger partial charge is 0.266 e. The minimum absolute atomic E-state index is 0.0613. The molecular weight excluding hydrogens is 499 g/mol. The highest BCUT2D eigenvalue weighted by atomic mass is 79.9. The van der Waals surface area contributed by atoms with Crippen LogP contribution < -0.4 is 10.1 Å². The monoisotopic (exact) mass is 514 g/mol. The number of hydrogen-bond acceptors (Lipinski definition) is 3. The highest BCUT2D eigenvalue weighted by Crippen LogP contribution is 2.27. The summed E-state index contributed by atoms with van der Waals surface area (Å²) in [5, 5.41) is 13.5. The Kier molecular flexibility index (Phi) is 7.75. The van der Waals surface area contributed by atoms with Crippen molar-refractivity contribution in [1.82, 2.24) is 0 Å². The third-order valence-corrected chi connectivity index (χ3v) is 5.37. The molecule has 1 amide bonds. The average Bonchev–Trinajstić information content (AvgIpc) is 2.75. The molecule has 0 radical (unpaired) electrons. The van der Waals surface area contributed by atoms with Crippen molar-refractivity contribution in [2.45, 2.75) is 13.5 Å².